The fraction of sp³-hybridized carbons (Fsp3) is 0.462. The van der Waals surface area contributed by atoms with Gasteiger partial charge in [0.15, 0.2) is 5.84 Å². The summed E-state index contributed by atoms with van der Waals surface area (Å²) < 4.78 is 37.5. The highest BCUT2D eigenvalue weighted by Gasteiger charge is 2.30. The maximum Gasteiger partial charge on any atom is 0.401 e. The number of halogens is 4. The third kappa shape index (κ3) is 5.81. The second-order valence-electron chi connectivity index (χ2n) is 4.62. The van der Waals surface area contributed by atoms with E-state index in [1.807, 2.05) is 6.92 Å². The van der Waals surface area contributed by atoms with E-state index in [2.05, 4.69) is 5.16 Å². The summed E-state index contributed by atoms with van der Waals surface area (Å²) >= 11 is 6.05. The summed E-state index contributed by atoms with van der Waals surface area (Å²) in [5, 5.41) is 11.7. The first-order valence-electron chi connectivity index (χ1n) is 6.32. The van der Waals surface area contributed by atoms with Crippen LogP contribution >= 0.6 is 11.6 Å². The Morgan fingerprint density at radius 2 is 2.10 bits per heavy atom. The molecule has 0 amide bonds. The van der Waals surface area contributed by atoms with E-state index in [0.717, 1.165) is 0 Å². The lowest BCUT2D eigenvalue weighted by molar-refractivity contribution is -0.147. The Labute approximate surface area is 126 Å². The molecule has 0 saturated carbocycles. The molecule has 21 heavy (non-hydrogen) atoms. The number of amidine groups is 1. The molecule has 0 bridgehead atoms. The summed E-state index contributed by atoms with van der Waals surface area (Å²) in [5.74, 6) is -0.107. The molecule has 0 unspecified atom stereocenters. The van der Waals surface area contributed by atoms with Crippen molar-refractivity contribution in [3.05, 3.63) is 34.3 Å². The van der Waals surface area contributed by atoms with Gasteiger partial charge in [-0.2, -0.15) is 13.2 Å². The molecule has 0 aliphatic carbocycles. The number of nitrogens with zero attached hydrogens (tertiary/aromatic N) is 2. The number of benzene rings is 1. The SMILES string of the molecule is CCCN(Cc1ccc(/C(N)=N/O)cc1Cl)CC(F)(F)F. The first-order valence-corrected chi connectivity index (χ1v) is 6.70. The molecule has 0 aliphatic heterocycles. The fourth-order valence-electron chi connectivity index (χ4n) is 1.92. The van der Waals surface area contributed by atoms with Gasteiger partial charge in [0.05, 0.1) is 6.54 Å². The van der Waals surface area contributed by atoms with Crippen LogP contribution in [-0.2, 0) is 6.54 Å². The Balaban J connectivity index is 2.89. The summed E-state index contributed by atoms with van der Waals surface area (Å²) in [6.07, 6.45) is -3.65. The molecule has 0 fully saturated rings. The van der Waals surface area contributed by atoms with Crippen LogP contribution in [0.25, 0.3) is 0 Å². The summed E-state index contributed by atoms with van der Waals surface area (Å²) in [6, 6.07) is 4.59. The number of alkyl halides is 3. The lowest BCUT2D eigenvalue weighted by Crippen LogP contribution is -2.34. The molecule has 1 aromatic carbocycles. The molecule has 1 aromatic rings. The molecule has 0 atom stereocenters. The van der Waals surface area contributed by atoms with E-state index in [9.17, 15) is 13.2 Å². The smallest absolute Gasteiger partial charge is 0.401 e. The molecule has 0 spiro atoms. The van der Waals surface area contributed by atoms with Crippen LogP contribution in [0.4, 0.5) is 13.2 Å². The van der Waals surface area contributed by atoms with Crippen molar-refractivity contribution in [2.45, 2.75) is 26.1 Å². The van der Waals surface area contributed by atoms with Gasteiger partial charge < -0.3 is 10.9 Å². The van der Waals surface area contributed by atoms with Crippen molar-refractivity contribution in [3.63, 3.8) is 0 Å². The van der Waals surface area contributed by atoms with Crippen molar-refractivity contribution >= 4 is 17.4 Å². The maximum atomic E-state index is 12.5. The Bertz CT molecular complexity index is 506. The normalized spacial score (nSPS) is 13.0. The van der Waals surface area contributed by atoms with Gasteiger partial charge in [0, 0.05) is 17.1 Å². The molecule has 4 nitrogen and oxygen atoms in total. The average Bonchev–Trinajstić information content (AvgIpc) is 2.38. The number of hydrogen-bond donors (Lipinski definition) is 2. The number of nitrogens with two attached hydrogens (primary N) is 1. The standard InChI is InChI=1S/C13H17ClF3N3O/c1-2-5-20(8-13(15,16)17)7-10-4-3-9(6-11(10)14)12(18)19-21/h3-4,6,21H,2,5,7-8H2,1H3,(H2,18,19). The van der Waals surface area contributed by atoms with E-state index in [1.54, 1.807) is 12.1 Å². The molecule has 8 heteroatoms. The van der Waals surface area contributed by atoms with Gasteiger partial charge in [-0.15, -0.1) is 0 Å². The lowest BCUT2D eigenvalue weighted by atomic mass is 10.1. The van der Waals surface area contributed by atoms with E-state index < -0.39 is 12.7 Å². The zero-order valence-electron chi connectivity index (χ0n) is 11.5. The fourth-order valence-corrected chi connectivity index (χ4v) is 2.16. The van der Waals surface area contributed by atoms with Crippen LogP contribution in [-0.4, -0.2) is 35.2 Å². The lowest BCUT2D eigenvalue weighted by Gasteiger charge is -2.23. The average molecular weight is 324 g/mol. The third-order valence-electron chi connectivity index (χ3n) is 2.79. The van der Waals surface area contributed by atoms with E-state index in [4.69, 9.17) is 22.5 Å². The number of hydrogen-bond acceptors (Lipinski definition) is 3. The second-order valence-corrected chi connectivity index (χ2v) is 5.02. The topological polar surface area (TPSA) is 61.8 Å². The van der Waals surface area contributed by atoms with Crippen LogP contribution in [0, 0.1) is 0 Å². The molecule has 0 aromatic heterocycles. The minimum absolute atomic E-state index is 0.0859. The Kier molecular flexibility index (Phi) is 6.29. The number of oxime groups is 1. The van der Waals surface area contributed by atoms with E-state index in [-0.39, 0.29) is 17.4 Å². The first-order chi connectivity index (χ1) is 9.76. The van der Waals surface area contributed by atoms with Gasteiger partial charge in [0.1, 0.15) is 0 Å². The highest BCUT2D eigenvalue weighted by atomic mass is 35.5. The molecule has 0 aliphatic rings. The van der Waals surface area contributed by atoms with Gasteiger partial charge in [-0.05, 0) is 24.6 Å². The van der Waals surface area contributed by atoms with Gasteiger partial charge in [0.2, 0.25) is 0 Å². The van der Waals surface area contributed by atoms with Gasteiger partial charge in [-0.25, -0.2) is 0 Å². The van der Waals surface area contributed by atoms with Crippen LogP contribution < -0.4 is 5.73 Å². The van der Waals surface area contributed by atoms with Crippen molar-refractivity contribution in [3.8, 4) is 0 Å². The third-order valence-corrected chi connectivity index (χ3v) is 3.15. The van der Waals surface area contributed by atoms with E-state index in [0.29, 0.717) is 24.1 Å². The summed E-state index contributed by atoms with van der Waals surface area (Å²) in [7, 11) is 0. The summed E-state index contributed by atoms with van der Waals surface area (Å²) in [4.78, 5) is 1.28. The molecule has 0 saturated heterocycles. The molecule has 1 rings (SSSR count). The molecule has 3 N–H and O–H groups in total. The second kappa shape index (κ2) is 7.51. The molecular weight excluding hydrogens is 307 g/mol. The van der Waals surface area contributed by atoms with Crippen LogP contribution in [0.2, 0.25) is 5.02 Å². The maximum absolute atomic E-state index is 12.5. The highest BCUT2D eigenvalue weighted by Crippen LogP contribution is 2.23. The van der Waals surface area contributed by atoms with E-state index in [1.165, 1.54) is 11.0 Å². The quantitative estimate of drug-likeness (QED) is 0.366. The molecule has 0 heterocycles. The zero-order chi connectivity index (χ0) is 16.0. The highest BCUT2D eigenvalue weighted by molar-refractivity contribution is 6.31. The van der Waals surface area contributed by atoms with Gasteiger partial charge >= 0.3 is 6.18 Å². The van der Waals surface area contributed by atoms with Crippen LogP contribution in [0.5, 0.6) is 0 Å². The van der Waals surface area contributed by atoms with Crippen LogP contribution in [0.15, 0.2) is 23.4 Å². The van der Waals surface area contributed by atoms with Crippen LogP contribution in [0.1, 0.15) is 24.5 Å². The van der Waals surface area contributed by atoms with Crippen molar-refractivity contribution in [1.82, 2.24) is 4.90 Å². The predicted octanol–water partition coefficient (Wildman–Crippen LogP) is 3.21. The first kappa shape index (κ1) is 17.6. The van der Waals surface area contributed by atoms with Gasteiger partial charge in [0.25, 0.3) is 0 Å². The molecule has 118 valence electrons. The van der Waals surface area contributed by atoms with Crippen molar-refractivity contribution in [2.24, 2.45) is 10.9 Å². The predicted molar refractivity (Wildman–Crippen MR) is 75.6 cm³/mol. The van der Waals surface area contributed by atoms with Crippen molar-refractivity contribution in [2.75, 3.05) is 13.1 Å². The summed E-state index contributed by atoms with van der Waals surface area (Å²) in [6.45, 7) is 1.23. The monoisotopic (exact) mass is 323 g/mol. The summed E-state index contributed by atoms with van der Waals surface area (Å²) in [5.41, 5.74) is 6.39. The van der Waals surface area contributed by atoms with Gasteiger partial charge in [-0.3, -0.25) is 4.90 Å². The Morgan fingerprint density at radius 1 is 1.43 bits per heavy atom. The van der Waals surface area contributed by atoms with Crippen molar-refractivity contribution < 1.29 is 18.4 Å². The van der Waals surface area contributed by atoms with E-state index >= 15 is 0 Å². The minimum Gasteiger partial charge on any atom is -0.409 e. The molecular formula is C13H17ClF3N3O. The van der Waals surface area contributed by atoms with Gasteiger partial charge in [-0.1, -0.05) is 35.8 Å². The van der Waals surface area contributed by atoms with Crippen molar-refractivity contribution in [1.29, 1.82) is 0 Å². The van der Waals surface area contributed by atoms with Crippen LogP contribution in [0.3, 0.4) is 0 Å². The Hall–Kier alpha value is -1.47. The Morgan fingerprint density at radius 3 is 2.57 bits per heavy atom. The largest absolute Gasteiger partial charge is 0.409 e. The molecule has 0 radical (unpaired) electrons. The zero-order valence-corrected chi connectivity index (χ0v) is 12.2. The number of rotatable bonds is 6. The minimum atomic E-state index is -4.25.